The van der Waals surface area contributed by atoms with Crippen LogP contribution in [0, 0.1) is 0 Å². The third-order valence-corrected chi connectivity index (χ3v) is 6.28. The first kappa shape index (κ1) is 14.3. The van der Waals surface area contributed by atoms with E-state index in [1.807, 2.05) is 24.2 Å². The maximum absolute atomic E-state index is 4.51. The van der Waals surface area contributed by atoms with Crippen molar-refractivity contribution in [2.24, 2.45) is 0 Å². The van der Waals surface area contributed by atoms with Crippen LogP contribution >= 0.6 is 11.8 Å². The molecule has 1 saturated carbocycles. The maximum atomic E-state index is 4.51. The molecule has 1 N–H and O–H groups in total. The van der Waals surface area contributed by atoms with Crippen molar-refractivity contribution < 1.29 is 0 Å². The Morgan fingerprint density at radius 3 is 2.92 bits per heavy atom. The van der Waals surface area contributed by atoms with E-state index in [4.69, 9.17) is 0 Å². The quantitative estimate of drug-likeness (QED) is 0.787. The molecule has 122 valence electrons. The number of fused-ring (bicyclic) bond motifs is 1. The van der Waals surface area contributed by atoms with Crippen molar-refractivity contribution in [3.05, 3.63) is 54.1 Å². The van der Waals surface area contributed by atoms with Crippen LogP contribution in [0.1, 0.15) is 41.8 Å². The first-order chi connectivity index (χ1) is 11.9. The molecule has 6 heteroatoms. The molecule has 2 aliphatic rings. The summed E-state index contributed by atoms with van der Waals surface area (Å²) in [5, 5.41) is 12.9. The van der Waals surface area contributed by atoms with Crippen LogP contribution in [0.5, 0.6) is 0 Å². The van der Waals surface area contributed by atoms with Gasteiger partial charge in [0.25, 0.3) is 0 Å². The van der Waals surface area contributed by atoms with Gasteiger partial charge in [0, 0.05) is 24.4 Å². The zero-order valence-electron chi connectivity index (χ0n) is 13.3. The topological polar surface area (TPSA) is 55.1 Å². The van der Waals surface area contributed by atoms with Crippen LogP contribution in [0.3, 0.4) is 0 Å². The number of hydrogen-bond donors (Lipinski definition) is 1. The number of nitrogens with one attached hydrogen (secondary N) is 1. The van der Waals surface area contributed by atoms with Crippen molar-refractivity contribution in [2.75, 3.05) is 11.1 Å². The molecule has 5 rings (SSSR count). The lowest BCUT2D eigenvalue weighted by molar-refractivity contribution is 0.765. The highest BCUT2D eigenvalue weighted by molar-refractivity contribution is 7.99. The SMILES string of the molecule is c1ccc([C@H]2C[C@@H]2Nc2nccn3c([C@@H]4CCCS4)nnc23)cc1. The van der Waals surface area contributed by atoms with Gasteiger partial charge in [0.2, 0.25) is 5.65 Å². The van der Waals surface area contributed by atoms with Gasteiger partial charge < -0.3 is 5.32 Å². The highest BCUT2D eigenvalue weighted by Gasteiger charge is 2.39. The second-order valence-electron chi connectivity index (χ2n) is 6.53. The number of rotatable bonds is 4. The number of aromatic nitrogens is 4. The Bertz CT molecular complexity index is 856. The van der Waals surface area contributed by atoms with E-state index in [0.29, 0.717) is 17.2 Å². The van der Waals surface area contributed by atoms with Crippen molar-refractivity contribution in [2.45, 2.75) is 36.5 Å². The molecular formula is C18H19N5S. The predicted octanol–water partition coefficient (Wildman–Crippen LogP) is 3.66. The summed E-state index contributed by atoms with van der Waals surface area (Å²) in [4.78, 5) is 4.51. The fourth-order valence-corrected chi connectivity index (χ4v) is 4.81. The van der Waals surface area contributed by atoms with E-state index in [1.54, 1.807) is 0 Å². The van der Waals surface area contributed by atoms with Crippen molar-refractivity contribution in [3.63, 3.8) is 0 Å². The van der Waals surface area contributed by atoms with Crippen LogP contribution in [-0.4, -0.2) is 31.4 Å². The lowest BCUT2D eigenvalue weighted by Gasteiger charge is -2.08. The summed E-state index contributed by atoms with van der Waals surface area (Å²) in [5.74, 6) is 3.70. The molecule has 5 nitrogen and oxygen atoms in total. The van der Waals surface area contributed by atoms with Crippen molar-refractivity contribution in [3.8, 4) is 0 Å². The largest absolute Gasteiger partial charge is 0.364 e. The standard InChI is InChI=1S/C18H19N5S/c1-2-5-12(6-3-1)13-11-14(13)20-16-18-22-21-17(15-7-4-10-24-15)23(18)9-8-19-16/h1-3,5-6,8-9,13-15H,4,7,10-11H2,(H,19,20)/t13-,14+,15+/m1/s1. The normalized spacial score (nSPS) is 25.9. The molecule has 0 radical (unpaired) electrons. The first-order valence-electron chi connectivity index (χ1n) is 8.53. The molecule has 3 aromatic rings. The molecule has 0 bridgehead atoms. The van der Waals surface area contributed by atoms with Crippen molar-refractivity contribution in [1.29, 1.82) is 0 Å². The molecule has 24 heavy (non-hydrogen) atoms. The van der Waals surface area contributed by atoms with E-state index in [0.717, 1.165) is 23.7 Å². The van der Waals surface area contributed by atoms with E-state index >= 15 is 0 Å². The molecule has 0 unspecified atom stereocenters. The van der Waals surface area contributed by atoms with Crippen LogP contribution in [0.2, 0.25) is 0 Å². The summed E-state index contributed by atoms with van der Waals surface area (Å²) in [7, 11) is 0. The predicted molar refractivity (Wildman–Crippen MR) is 96.4 cm³/mol. The highest BCUT2D eigenvalue weighted by atomic mass is 32.2. The molecule has 1 aliphatic heterocycles. The first-order valence-corrected chi connectivity index (χ1v) is 9.58. The zero-order chi connectivity index (χ0) is 15.9. The van der Waals surface area contributed by atoms with Gasteiger partial charge >= 0.3 is 0 Å². The minimum absolute atomic E-state index is 0.437. The van der Waals surface area contributed by atoms with Crippen LogP contribution in [0.4, 0.5) is 5.82 Å². The lowest BCUT2D eigenvalue weighted by Crippen LogP contribution is -2.08. The average molecular weight is 337 g/mol. The van der Waals surface area contributed by atoms with Gasteiger partial charge in [-0.2, -0.15) is 11.8 Å². The number of hydrogen-bond acceptors (Lipinski definition) is 5. The van der Waals surface area contributed by atoms with Gasteiger partial charge in [0.05, 0.1) is 5.25 Å². The lowest BCUT2D eigenvalue weighted by atomic mass is 10.1. The second kappa shape index (κ2) is 5.77. The van der Waals surface area contributed by atoms with Gasteiger partial charge in [0.15, 0.2) is 11.6 Å². The third-order valence-electron chi connectivity index (χ3n) is 4.91. The van der Waals surface area contributed by atoms with Gasteiger partial charge in [-0.3, -0.25) is 4.40 Å². The Morgan fingerprint density at radius 2 is 2.08 bits per heavy atom. The van der Waals surface area contributed by atoms with E-state index in [1.165, 1.54) is 24.2 Å². The summed E-state index contributed by atoms with van der Waals surface area (Å²) < 4.78 is 2.11. The summed E-state index contributed by atoms with van der Waals surface area (Å²) in [6.07, 6.45) is 7.43. The van der Waals surface area contributed by atoms with Crippen LogP contribution in [0.25, 0.3) is 5.65 Å². The Balaban J connectivity index is 1.40. The van der Waals surface area contributed by atoms with Gasteiger partial charge in [0.1, 0.15) is 0 Å². The molecule has 3 atom stereocenters. The minimum Gasteiger partial charge on any atom is -0.364 e. The van der Waals surface area contributed by atoms with E-state index < -0.39 is 0 Å². The summed E-state index contributed by atoms with van der Waals surface area (Å²) >= 11 is 1.98. The maximum Gasteiger partial charge on any atom is 0.203 e. The smallest absolute Gasteiger partial charge is 0.203 e. The molecule has 1 aromatic carbocycles. The number of thioether (sulfide) groups is 1. The number of anilines is 1. The molecule has 2 aromatic heterocycles. The third kappa shape index (κ3) is 2.45. The van der Waals surface area contributed by atoms with E-state index in [2.05, 4.69) is 55.2 Å². The number of benzene rings is 1. The fraction of sp³-hybridized carbons (Fsp3) is 0.389. The molecule has 0 spiro atoms. The molecule has 3 heterocycles. The Hall–Kier alpha value is -2.08. The summed E-state index contributed by atoms with van der Waals surface area (Å²) in [5.41, 5.74) is 2.24. The van der Waals surface area contributed by atoms with Gasteiger partial charge in [-0.1, -0.05) is 30.3 Å². The van der Waals surface area contributed by atoms with Gasteiger partial charge in [-0.05, 0) is 30.6 Å². The Labute approximate surface area is 144 Å². The number of nitrogens with zero attached hydrogens (tertiary/aromatic N) is 4. The van der Waals surface area contributed by atoms with Crippen molar-refractivity contribution >= 4 is 23.2 Å². The Morgan fingerprint density at radius 1 is 1.17 bits per heavy atom. The van der Waals surface area contributed by atoms with E-state index in [9.17, 15) is 0 Å². The highest BCUT2D eigenvalue weighted by Crippen LogP contribution is 2.43. The van der Waals surface area contributed by atoms with Crippen LogP contribution < -0.4 is 5.32 Å². The molecule has 1 saturated heterocycles. The van der Waals surface area contributed by atoms with Gasteiger partial charge in [-0.25, -0.2) is 4.98 Å². The average Bonchev–Trinajstić information content (AvgIpc) is 3.01. The molecule has 0 amide bonds. The summed E-state index contributed by atoms with van der Waals surface area (Å²) in [6.45, 7) is 0. The molecule has 1 aliphatic carbocycles. The van der Waals surface area contributed by atoms with Crippen molar-refractivity contribution in [1.82, 2.24) is 19.6 Å². The molecular weight excluding hydrogens is 318 g/mol. The molecule has 2 fully saturated rings. The second-order valence-corrected chi connectivity index (χ2v) is 7.84. The summed E-state index contributed by atoms with van der Waals surface area (Å²) in [6, 6.07) is 11.1. The van der Waals surface area contributed by atoms with Crippen LogP contribution in [-0.2, 0) is 0 Å². The van der Waals surface area contributed by atoms with Gasteiger partial charge in [-0.15, -0.1) is 10.2 Å². The monoisotopic (exact) mass is 337 g/mol. The zero-order valence-corrected chi connectivity index (χ0v) is 14.1. The Kier molecular flexibility index (Phi) is 3.43. The van der Waals surface area contributed by atoms with E-state index in [-0.39, 0.29) is 0 Å². The minimum atomic E-state index is 0.437. The fourth-order valence-electron chi connectivity index (χ4n) is 3.55. The van der Waals surface area contributed by atoms with Crippen LogP contribution in [0.15, 0.2) is 42.7 Å².